The lowest BCUT2D eigenvalue weighted by atomic mass is 10.3. The van der Waals surface area contributed by atoms with E-state index in [2.05, 4.69) is 9.47 Å². The molecule has 2 rings (SSSR count). The first kappa shape index (κ1) is 20.0. The van der Waals surface area contributed by atoms with Crippen molar-refractivity contribution in [1.29, 1.82) is 0 Å². The van der Waals surface area contributed by atoms with Gasteiger partial charge < -0.3 is 19.4 Å². The summed E-state index contributed by atoms with van der Waals surface area (Å²) >= 11 is 0. The molecular formula is C14H10N4O10. The van der Waals surface area contributed by atoms with Gasteiger partial charge in [-0.25, -0.2) is 19.2 Å². The third-order valence-electron chi connectivity index (χ3n) is 2.91. The molecule has 0 aromatic carbocycles. The second kappa shape index (κ2) is 8.35. The zero-order valence-electron chi connectivity index (χ0n) is 13.7. The largest absolute Gasteiger partial charge is 0.388 e. The van der Waals surface area contributed by atoms with Gasteiger partial charge >= 0.3 is 35.3 Å². The van der Waals surface area contributed by atoms with Crippen molar-refractivity contribution < 1.29 is 28.7 Å². The van der Waals surface area contributed by atoms with Gasteiger partial charge in [0, 0.05) is 12.1 Å². The van der Waals surface area contributed by atoms with E-state index in [0.29, 0.717) is 12.1 Å². The highest BCUT2D eigenvalue weighted by molar-refractivity contribution is 5.97. The number of aromatic amines is 4. The van der Waals surface area contributed by atoms with Crippen LogP contribution in [0.5, 0.6) is 0 Å². The molecule has 0 bridgehead atoms. The summed E-state index contributed by atoms with van der Waals surface area (Å²) in [7, 11) is 0. The third-order valence-corrected chi connectivity index (χ3v) is 2.91. The Morgan fingerprint density at radius 3 is 1.32 bits per heavy atom. The summed E-state index contributed by atoms with van der Waals surface area (Å²) in [6.45, 7) is 0. The van der Waals surface area contributed by atoms with Gasteiger partial charge in [0.15, 0.2) is 0 Å². The van der Waals surface area contributed by atoms with E-state index < -0.39 is 70.6 Å². The number of rotatable bonds is 5. The first-order valence-electron chi connectivity index (χ1n) is 7.31. The Hall–Kier alpha value is -4.36. The zero-order chi connectivity index (χ0) is 20.8. The highest BCUT2D eigenvalue weighted by atomic mass is 16.6. The van der Waals surface area contributed by atoms with Crippen LogP contribution in [0.4, 0.5) is 0 Å². The number of H-pyrrole nitrogens is 4. The lowest BCUT2D eigenvalue weighted by Gasteiger charge is -2.03. The fraction of sp³-hybridized carbons (Fsp3) is 0.143. The van der Waals surface area contributed by atoms with Crippen LogP contribution in [-0.4, -0.2) is 43.8 Å². The molecule has 0 saturated carbocycles. The van der Waals surface area contributed by atoms with Crippen molar-refractivity contribution in [3.8, 4) is 0 Å². The van der Waals surface area contributed by atoms with Crippen LogP contribution in [-0.2, 0) is 19.1 Å². The van der Waals surface area contributed by atoms with Crippen LogP contribution in [0.3, 0.4) is 0 Å². The van der Waals surface area contributed by atoms with Gasteiger partial charge in [0.25, 0.3) is 11.1 Å². The van der Waals surface area contributed by atoms with Gasteiger partial charge in [0.1, 0.15) is 11.4 Å². The minimum atomic E-state index is -1.33. The molecule has 0 saturated heterocycles. The van der Waals surface area contributed by atoms with E-state index in [9.17, 15) is 38.4 Å². The SMILES string of the molecule is O=C(CCC(=O)OC(=O)c1cc(=O)[nH]c(=O)[nH]1)OC(=O)c1cc(=O)[nH]c(=O)[nH]1. The Labute approximate surface area is 151 Å². The van der Waals surface area contributed by atoms with Crippen LogP contribution in [0.25, 0.3) is 0 Å². The Kier molecular flexibility index (Phi) is 5.95. The number of carbonyl (C=O) groups excluding carboxylic acids is 4. The van der Waals surface area contributed by atoms with Crippen molar-refractivity contribution in [1.82, 2.24) is 19.9 Å². The van der Waals surface area contributed by atoms with Crippen LogP contribution >= 0.6 is 0 Å². The number of hydrogen-bond donors (Lipinski definition) is 4. The summed E-state index contributed by atoms with van der Waals surface area (Å²) in [5.74, 6) is -5.09. The molecule has 0 aliphatic heterocycles. The number of carbonyl (C=O) groups is 4. The van der Waals surface area contributed by atoms with E-state index >= 15 is 0 Å². The van der Waals surface area contributed by atoms with E-state index in [1.165, 1.54) is 0 Å². The van der Waals surface area contributed by atoms with E-state index in [-0.39, 0.29) is 0 Å². The predicted molar refractivity (Wildman–Crippen MR) is 85.4 cm³/mol. The fourth-order valence-electron chi connectivity index (χ4n) is 1.78. The summed E-state index contributed by atoms with van der Waals surface area (Å²) in [5, 5.41) is 0. The van der Waals surface area contributed by atoms with Crippen molar-refractivity contribution in [2.45, 2.75) is 12.8 Å². The van der Waals surface area contributed by atoms with Crippen LogP contribution in [0.2, 0.25) is 0 Å². The van der Waals surface area contributed by atoms with Gasteiger partial charge in [-0.05, 0) is 0 Å². The summed E-state index contributed by atoms with van der Waals surface area (Å²) in [6.07, 6.45) is -1.37. The first-order chi connectivity index (χ1) is 13.1. The summed E-state index contributed by atoms with van der Waals surface area (Å²) < 4.78 is 8.66. The van der Waals surface area contributed by atoms with E-state index in [0.717, 1.165) is 0 Å². The van der Waals surface area contributed by atoms with Gasteiger partial charge in [-0.1, -0.05) is 0 Å². The molecule has 4 N–H and O–H groups in total. The zero-order valence-corrected chi connectivity index (χ0v) is 13.7. The van der Waals surface area contributed by atoms with E-state index in [4.69, 9.17) is 0 Å². The Balaban J connectivity index is 1.88. The molecule has 2 aromatic heterocycles. The van der Waals surface area contributed by atoms with Crippen molar-refractivity contribution in [2.75, 3.05) is 0 Å². The van der Waals surface area contributed by atoms with E-state index in [1.54, 1.807) is 9.97 Å². The molecule has 0 aliphatic carbocycles. The maximum absolute atomic E-state index is 11.6. The lowest BCUT2D eigenvalue weighted by molar-refractivity contribution is -0.144. The monoisotopic (exact) mass is 394 g/mol. The van der Waals surface area contributed by atoms with Crippen LogP contribution in [0, 0.1) is 0 Å². The van der Waals surface area contributed by atoms with Crippen LogP contribution < -0.4 is 22.5 Å². The summed E-state index contributed by atoms with van der Waals surface area (Å²) in [5.41, 5.74) is -4.96. The van der Waals surface area contributed by atoms with Crippen molar-refractivity contribution in [3.63, 3.8) is 0 Å². The third kappa shape index (κ3) is 5.58. The standard InChI is InChI=1S/C14H10N4O10/c19-7-3-5(15-13(25)17-7)11(23)27-9(21)1-2-10(22)28-12(24)6-4-8(20)18-14(26)16-6/h3-4H,1-2H2,(H2,15,17,19,25)(H2,16,18,20,26). The number of ether oxygens (including phenoxy) is 2. The summed E-state index contributed by atoms with van der Waals surface area (Å²) in [6, 6.07) is 1.37. The molecule has 0 atom stereocenters. The summed E-state index contributed by atoms with van der Waals surface area (Å²) in [4.78, 5) is 98.0. The van der Waals surface area contributed by atoms with Crippen LogP contribution in [0.15, 0.2) is 31.3 Å². The second-order valence-corrected chi connectivity index (χ2v) is 5.03. The number of nitrogens with one attached hydrogen (secondary N) is 4. The molecule has 0 unspecified atom stereocenters. The number of esters is 4. The predicted octanol–water partition coefficient (Wildman–Crippen LogP) is -2.71. The van der Waals surface area contributed by atoms with Crippen molar-refractivity contribution >= 4 is 23.9 Å². The molecule has 2 heterocycles. The number of aromatic nitrogens is 4. The fourth-order valence-corrected chi connectivity index (χ4v) is 1.78. The first-order valence-corrected chi connectivity index (χ1v) is 7.31. The molecule has 0 fully saturated rings. The molecule has 28 heavy (non-hydrogen) atoms. The molecule has 14 heteroatoms. The quantitative estimate of drug-likeness (QED) is 0.303. The highest BCUT2D eigenvalue weighted by Gasteiger charge is 2.19. The molecular weight excluding hydrogens is 384 g/mol. The maximum Gasteiger partial charge on any atom is 0.362 e. The molecule has 0 spiro atoms. The molecule has 14 nitrogen and oxygen atoms in total. The van der Waals surface area contributed by atoms with Gasteiger partial charge in [-0.15, -0.1) is 0 Å². The maximum atomic E-state index is 11.6. The highest BCUT2D eigenvalue weighted by Crippen LogP contribution is 2.01. The Morgan fingerprint density at radius 1 is 0.643 bits per heavy atom. The second-order valence-electron chi connectivity index (χ2n) is 5.03. The molecule has 0 radical (unpaired) electrons. The Bertz CT molecular complexity index is 1030. The van der Waals surface area contributed by atoms with E-state index in [1.807, 2.05) is 9.97 Å². The molecule has 0 amide bonds. The van der Waals surface area contributed by atoms with Gasteiger partial charge in [-0.3, -0.25) is 29.1 Å². The van der Waals surface area contributed by atoms with Gasteiger partial charge in [-0.2, -0.15) is 0 Å². The van der Waals surface area contributed by atoms with Gasteiger partial charge in [0.2, 0.25) is 0 Å². The molecule has 2 aromatic rings. The average Bonchev–Trinajstić information content (AvgIpc) is 2.58. The number of hydrogen-bond acceptors (Lipinski definition) is 10. The molecule has 146 valence electrons. The lowest BCUT2D eigenvalue weighted by Crippen LogP contribution is -2.27. The minimum absolute atomic E-state index is 0.585. The van der Waals surface area contributed by atoms with Crippen molar-refractivity contribution in [3.05, 3.63) is 65.2 Å². The van der Waals surface area contributed by atoms with Gasteiger partial charge in [0.05, 0.1) is 12.8 Å². The molecule has 0 aliphatic rings. The topological polar surface area (TPSA) is 218 Å². The smallest absolute Gasteiger partial charge is 0.362 e. The normalized spacial score (nSPS) is 10.1. The van der Waals surface area contributed by atoms with Crippen molar-refractivity contribution in [2.24, 2.45) is 0 Å². The minimum Gasteiger partial charge on any atom is -0.388 e. The average molecular weight is 394 g/mol. The Morgan fingerprint density at radius 2 is 1.00 bits per heavy atom. The van der Waals surface area contributed by atoms with Crippen LogP contribution in [0.1, 0.15) is 33.8 Å².